The highest BCUT2D eigenvalue weighted by Gasteiger charge is 2.13. The Morgan fingerprint density at radius 1 is 0.684 bits per heavy atom. The maximum absolute atomic E-state index is 4.08. The predicted octanol–water partition coefficient (Wildman–Crippen LogP) is 1.44. The summed E-state index contributed by atoms with van der Waals surface area (Å²) in [7, 11) is 0. The van der Waals surface area contributed by atoms with Crippen LogP contribution in [0.5, 0.6) is 0 Å². The molecule has 3 aromatic heterocycles. The minimum absolute atomic E-state index is 0.726. The summed E-state index contributed by atoms with van der Waals surface area (Å²) in [5, 5.41) is 26.8. The fraction of sp³-hybridized carbons (Fsp3) is 0.333. The number of hydrogen-bond donors (Lipinski definition) is 0. The van der Waals surface area contributed by atoms with Crippen molar-refractivity contribution in [2.45, 2.75) is 19.6 Å². The van der Waals surface area contributed by atoms with Crippen LogP contribution in [0.2, 0.25) is 0 Å². The molecule has 0 saturated heterocycles. The maximum atomic E-state index is 4.08. The van der Waals surface area contributed by atoms with Gasteiger partial charge in [0.25, 0.3) is 0 Å². The third-order valence-electron chi connectivity index (χ3n) is 2.29. The van der Waals surface area contributed by atoms with Crippen molar-refractivity contribution < 1.29 is 0 Å². The third-order valence-corrected chi connectivity index (χ3v) is 4.34. The SMILES string of the molecule is c1nnc(CN(Cc2nncs2)Cc2nncs2)s1. The largest absolute Gasteiger partial charge is 0.283 e. The topological polar surface area (TPSA) is 80.6 Å². The molecule has 0 radical (unpaired) electrons. The first-order chi connectivity index (χ1) is 9.40. The van der Waals surface area contributed by atoms with Gasteiger partial charge in [-0.1, -0.05) is 0 Å². The Balaban J connectivity index is 1.70. The highest BCUT2D eigenvalue weighted by Crippen LogP contribution is 2.15. The van der Waals surface area contributed by atoms with Gasteiger partial charge in [-0.15, -0.1) is 64.6 Å². The van der Waals surface area contributed by atoms with E-state index in [1.807, 2.05) is 0 Å². The standard InChI is InChI=1S/C9H9N7S3/c1(7-13-10-4-17-7)16(2-8-14-11-5-18-8)3-9-15-12-6-19-9/h4-6H,1-3H2. The number of hydrogen-bond acceptors (Lipinski definition) is 10. The molecule has 0 aromatic carbocycles. The molecular formula is C9H9N7S3. The summed E-state index contributed by atoms with van der Waals surface area (Å²) in [5.74, 6) is 0. The Hall–Kier alpha value is -1.36. The van der Waals surface area contributed by atoms with Crippen molar-refractivity contribution in [2.75, 3.05) is 0 Å². The first kappa shape index (κ1) is 12.7. The van der Waals surface area contributed by atoms with Crippen LogP contribution in [-0.4, -0.2) is 35.5 Å². The Morgan fingerprint density at radius 3 is 1.32 bits per heavy atom. The lowest BCUT2D eigenvalue weighted by Crippen LogP contribution is -2.22. The van der Waals surface area contributed by atoms with Crippen LogP contribution in [0.4, 0.5) is 0 Å². The van der Waals surface area contributed by atoms with Crippen molar-refractivity contribution >= 4 is 34.0 Å². The molecule has 0 unspecified atom stereocenters. The molecule has 7 nitrogen and oxygen atoms in total. The van der Waals surface area contributed by atoms with E-state index >= 15 is 0 Å². The van der Waals surface area contributed by atoms with Gasteiger partial charge in [-0.05, 0) is 0 Å². The van der Waals surface area contributed by atoms with Gasteiger partial charge in [0, 0.05) is 0 Å². The van der Waals surface area contributed by atoms with Crippen LogP contribution in [-0.2, 0) is 19.6 Å². The van der Waals surface area contributed by atoms with E-state index in [-0.39, 0.29) is 0 Å². The molecule has 0 aliphatic heterocycles. The molecule has 0 atom stereocenters. The lowest BCUT2D eigenvalue weighted by molar-refractivity contribution is 0.245. The van der Waals surface area contributed by atoms with Crippen molar-refractivity contribution in [1.82, 2.24) is 35.5 Å². The molecule has 0 amide bonds. The smallest absolute Gasteiger partial charge is 0.131 e. The van der Waals surface area contributed by atoms with E-state index < -0.39 is 0 Å². The van der Waals surface area contributed by atoms with E-state index in [4.69, 9.17) is 0 Å². The molecule has 0 spiro atoms. The van der Waals surface area contributed by atoms with E-state index in [0.717, 1.165) is 34.7 Å². The normalized spacial score (nSPS) is 11.2. The monoisotopic (exact) mass is 311 g/mol. The first-order valence-electron chi connectivity index (χ1n) is 5.37. The fourth-order valence-electron chi connectivity index (χ4n) is 1.54. The summed E-state index contributed by atoms with van der Waals surface area (Å²) in [5.41, 5.74) is 5.22. The van der Waals surface area contributed by atoms with E-state index in [9.17, 15) is 0 Å². The molecule has 3 rings (SSSR count). The molecule has 0 bridgehead atoms. The second kappa shape index (κ2) is 6.19. The van der Waals surface area contributed by atoms with Gasteiger partial charge >= 0.3 is 0 Å². The summed E-state index contributed by atoms with van der Waals surface area (Å²) >= 11 is 4.64. The average Bonchev–Trinajstić information content (AvgIpc) is 3.10. The Kier molecular flexibility index (Phi) is 4.13. The van der Waals surface area contributed by atoms with Gasteiger partial charge in [-0.2, -0.15) is 0 Å². The van der Waals surface area contributed by atoms with Gasteiger partial charge in [0.2, 0.25) is 0 Å². The van der Waals surface area contributed by atoms with E-state index in [1.165, 1.54) is 0 Å². The molecule has 10 heteroatoms. The molecule has 0 aliphatic carbocycles. The summed E-state index contributed by atoms with van der Waals surface area (Å²) < 4.78 is 0. The van der Waals surface area contributed by atoms with Gasteiger partial charge in [-0.25, -0.2) is 0 Å². The van der Waals surface area contributed by atoms with Crippen LogP contribution in [0, 0.1) is 0 Å². The highest BCUT2D eigenvalue weighted by molar-refractivity contribution is 7.09. The van der Waals surface area contributed by atoms with Crippen LogP contribution in [0.1, 0.15) is 15.0 Å². The minimum atomic E-state index is 0.726. The first-order valence-corrected chi connectivity index (χ1v) is 8.01. The van der Waals surface area contributed by atoms with Gasteiger partial charge in [0.1, 0.15) is 31.6 Å². The van der Waals surface area contributed by atoms with Crippen LogP contribution in [0.25, 0.3) is 0 Å². The van der Waals surface area contributed by atoms with Crippen LogP contribution in [0.15, 0.2) is 16.5 Å². The Morgan fingerprint density at radius 2 is 1.05 bits per heavy atom. The summed E-state index contributed by atoms with van der Waals surface area (Å²) in [6, 6.07) is 0. The van der Waals surface area contributed by atoms with E-state index in [2.05, 4.69) is 35.5 Å². The van der Waals surface area contributed by atoms with Crippen molar-refractivity contribution in [3.8, 4) is 0 Å². The second-order valence-corrected chi connectivity index (χ2v) is 6.40. The zero-order chi connectivity index (χ0) is 12.9. The molecule has 19 heavy (non-hydrogen) atoms. The van der Waals surface area contributed by atoms with Crippen LogP contribution >= 0.6 is 34.0 Å². The average molecular weight is 311 g/mol. The molecule has 0 saturated carbocycles. The molecule has 3 heterocycles. The van der Waals surface area contributed by atoms with E-state index in [1.54, 1.807) is 50.5 Å². The van der Waals surface area contributed by atoms with Crippen molar-refractivity contribution in [2.24, 2.45) is 0 Å². The van der Waals surface area contributed by atoms with Gasteiger partial charge in [0.05, 0.1) is 19.6 Å². The third kappa shape index (κ3) is 3.56. The molecule has 0 fully saturated rings. The number of aromatic nitrogens is 6. The van der Waals surface area contributed by atoms with Crippen LogP contribution in [0.3, 0.4) is 0 Å². The Bertz CT molecular complexity index is 491. The van der Waals surface area contributed by atoms with Crippen molar-refractivity contribution in [3.63, 3.8) is 0 Å². The van der Waals surface area contributed by atoms with Crippen molar-refractivity contribution in [3.05, 3.63) is 31.6 Å². The fourth-order valence-corrected chi connectivity index (χ4v) is 3.24. The maximum Gasteiger partial charge on any atom is 0.131 e. The lowest BCUT2D eigenvalue weighted by atomic mass is 10.4. The van der Waals surface area contributed by atoms with Gasteiger partial charge in [0.15, 0.2) is 0 Å². The quantitative estimate of drug-likeness (QED) is 0.681. The number of rotatable bonds is 6. The summed E-state index contributed by atoms with van der Waals surface area (Å²) in [6.07, 6.45) is 0. The zero-order valence-corrected chi connectivity index (χ0v) is 12.2. The van der Waals surface area contributed by atoms with Crippen LogP contribution < -0.4 is 0 Å². The Labute approximate surface area is 121 Å². The zero-order valence-electron chi connectivity index (χ0n) is 9.71. The molecule has 3 aromatic rings. The second-order valence-electron chi connectivity index (χ2n) is 3.64. The molecule has 0 N–H and O–H groups in total. The number of nitrogens with zero attached hydrogens (tertiary/aromatic N) is 7. The molecule has 0 aliphatic rings. The van der Waals surface area contributed by atoms with Gasteiger partial charge in [-0.3, -0.25) is 4.90 Å². The predicted molar refractivity (Wildman–Crippen MR) is 72.7 cm³/mol. The molecular weight excluding hydrogens is 302 g/mol. The minimum Gasteiger partial charge on any atom is -0.283 e. The highest BCUT2D eigenvalue weighted by atomic mass is 32.1. The van der Waals surface area contributed by atoms with E-state index in [0.29, 0.717) is 0 Å². The summed E-state index contributed by atoms with van der Waals surface area (Å²) in [4.78, 5) is 2.21. The summed E-state index contributed by atoms with van der Waals surface area (Å²) in [6.45, 7) is 2.18. The lowest BCUT2D eigenvalue weighted by Gasteiger charge is -2.17. The van der Waals surface area contributed by atoms with Crippen molar-refractivity contribution in [1.29, 1.82) is 0 Å². The molecule has 98 valence electrons. The van der Waals surface area contributed by atoms with Gasteiger partial charge < -0.3 is 0 Å².